The molecule has 1 aliphatic heterocycles. The molecular weight excluding hydrogens is 240 g/mol. The highest BCUT2D eigenvalue weighted by Crippen LogP contribution is 2.30. The molecule has 2 aromatic rings. The second-order valence-corrected chi connectivity index (χ2v) is 4.75. The van der Waals surface area contributed by atoms with Crippen LogP contribution in [0.3, 0.4) is 0 Å². The minimum Gasteiger partial charge on any atom is -0.486 e. The van der Waals surface area contributed by atoms with Crippen molar-refractivity contribution in [3.05, 3.63) is 47.7 Å². The third-order valence-corrected chi connectivity index (χ3v) is 3.18. The lowest BCUT2D eigenvalue weighted by Crippen LogP contribution is -2.22. The zero-order valence-electron chi connectivity index (χ0n) is 10.8. The molecule has 1 atom stereocenters. The van der Waals surface area contributed by atoms with Crippen LogP contribution in [0.1, 0.15) is 11.1 Å². The van der Waals surface area contributed by atoms with Crippen LogP contribution < -0.4 is 15.2 Å². The number of nitrogens with zero attached hydrogens (tertiary/aromatic N) is 1. The number of benzene rings is 1. The highest BCUT2D eigenvalue weighted by atomic mass is 16.5. The molecule has 4 nitrogen and oxygen atoms in total. The minimum atomic E-state index is 0.0383. The maximum atomic E-state index is 5.84. The Hall–Kier alpha value is -2.23. The zero-order chi connectivity index (χ0) is 13.2. The van der Waals surface area contributed by atoms with Gasteiger partial charge < -0.3 is 15.2 Å². The molecular formula is C15H16N2O2. The molecule has 1 aliphatic rings. The van der Waals surface area contributed by atoms with Gasteiger partial charge in [0.05, 0.1) is 0 Å². The number of ether oxygens (including phenoxy) is 2. The molecule has 4 heteroatoms. The predicted octanol–water partition coefficient (Wildman–Crippen LogP) is 2.35. The van der Waals surface area contributed by atoms with Crippen molar-refractivity contribution in [3.63, 3.8) is 0 Å². The largest absolute Gasteiger partial charge is 0.486 e. The Balaban J connectivity index is 1.63. The Morgan fingerprint density at radius 2 is 2.32 bits per heavy atom. The first-order valence-corrected chi connectivity index (χ1v) is 6.32. The Morgan fingerprint density at radius 3 is 3.16 bits per heavy atom. The van der Waals surface area contributed by atoms with Crippen LogP contribution in [-0.2, 0) is 6.42 Å². The van der Waals surface area contributed by atoms with Crippen molar-refractivity contribution in [2.75, 3.05) is 12.3 Å². The summed E-state index contributed by atoms with van der Waals surface area (Å²) in [5.74, 6) is 1.98. The molecule has 0 fully saturated rings. The summed E-state index contributed by atoms with van der Waals surface area (Å²) in [7, 11) is 0. The van der Waals surface area contributed by atoms with Gasteiger partial charge in [0, 0.05) is 12.6 Å². The number of aromatic nitrogens is 1. The quantitative estimate of drug-likeness (QED) is 0.915. The Labute approximate surface area is 112 Å². The van der Waals surface area contributed by atoms with E-state index in [9.17, 15) is 0 Å². The number of anilines is 1. The molecule has 0 spiro atoms. The van der Waals surface area contributed by atoms with Crippen LogP contribution in [0.15, 0.2) is 36.5 Å². The molecule has 0 aliphatic carbocycles. The first kappa shape index (κ1) is 11.8. The van der Waals surface area contributed by atoms with Gasteiger partial charge in [-0.1, -0.05) is 17.7 Å². The molecule has 0 radical (unpaired) electrons. The van der Waals surface area contributed by atoms with Crippen LogP contribution in [0.25, 0.3) is 0 Å². The normalized spacial score (nSPS) is 16.8. The van der Waals surface area contributed by atoms with Crippen LogP contribution in [0, 0.1) is 6.92 Å². The van der Waals surface area contributed by atoms with E-state index >= 15 is 0 Å². The van der Waals surface area contributed by atoms with E-state index in [0.717, 1.165) is 12.2 Å². The summed E-state index contributed by atoms with van der Waals surface area (Å²) in [6.07, 6.45) is 2.56. The number of hydrogen-bond acceptors (Lipinski definition) is 4. The monoisotopic (exact) mass is 256 g/mol. The van der Waals surface area contributed by atoms with Crippen molar-refractivity contribution in [2.24, 2.45) is 0 Å². The fourth-order valence-corrected chi connectivity index (χ4v) is 2.25. The van der Waals surface area contributed by atoms with Crippen LogP contribution in [0.2, 0.25) is 0 Å². The van der Waals surface area contributed by atoms with Gasteiger partial charge in [0.2, 0.25) is 0 Å². The van der Waals surface area contributed by atoms with E-state index in [-0.39, 0.29) is 6.10 Å². The minimum absolute atomic E-state index is 0.0383. The maximum Gasteiger partial charge on any atom is 0.166 e. The highest BCUT2D eigenvalue weighted by Gasteiger charge is 2.23. The summed E-state index contributed by atoms with van der Waals surface area (Å²) < 4.78 is 11.5. The molecule has 1 aromatic heterocycles. The molecule has 0 bridgehead atoms. The second kappa shape index (κ2) is 4.80. The van der Waals surface area contributed by atoms with Gasteiger partial charge in [0.25, 0.3) is 0 Å². The fraction of sp³-hybridized carbons (Fsp3) is 0.267. The van der Waals surface area contributed by atoms with Gasteiger partial charge in [-0.2, -0.15) is 0 Å². The van der Waals surface area contributed by atoms with Crippen molar-refractivity contribution >= 4 is 5.82 Å². The van der Waals surface area contributed by atoms with E-state index in [4.69, 9.17) is 15.2 Å². The van der Waals surface area contributed by atoms with Crippen LogP contribution in [-0.4, -0.2) is 17.7 Å². The topological polar surface area (TPSA) is 57.4 Å². The molecule has 19 heavy (non-hydrogen) atoms. The zero-order valence-corrected chi connectivity index (χ0v) is 10.8. The van der Waals surface area contributed by atoms with Crippen molar-refractivity contribution in [2.45, 2.75) is 19.4 Å². The third-order valence-electron chi connectivity index (χ3n) is 3.18. The fourth-order valence-electron chi connectivity index (χ4n) is 2.25. The van der Waals surface area contributed by atoms with E-state index in [0.29, 0.717) is 18.2 Å². The van der Waals surface area contributed by atoms with Crippen LogP contribution in [0.5, 0.6) is 11.5 Å². The number of pyridine rings is 1. The SMILES string of the molecule is Cc1ccc2c(c1)CC(COc1cccnc1N)O2. The Morgan fingerprint density at radius 1 is 1.42 bits per heavy atom. The Bertz CT molecular complexity index is 598. The van der Waals surface area contributed by atoms with Gasteiger partial charge in [-0.05, 0) is 30.7 Å². The lowest BCUT2D eigenvalue weighted by molar-refractivity contribution is 0.149. The van der Waals surface area contributed by atoms with Gasteiger partial charge in [-0.15, -0.1) is 0 Å². The van der Waals surface area contributed by atoms with E-state index in [1.165, 1.54) is 11.1 Å². The van der Waals surface area contributed by atoms with Crippen LogP contribution in [0.4, 0.5) is 5.82 Å². The van der Waals surface area contributed by atoms with Gasteiger partial charge in [0.15, 0.2) is 11.6 Å². The number of nitrogens with two attached hydrogens (primary N) is 1. The first-order valence-electron chi connectivity index (χ1n) is 6.32. The van der Waals surface area contributed by atoms with E-state index < -0.39 is 0 Å². The summed E-state index contributed by atoms with van der Waals surface area (Å²) in [4.78, 5) is 3.99. The van der Waals surface area contributed by atoms with Gasteiger partial charge in [-0.25, -0.2) is 4.98 Å². The number of rotatable bonds is 3. The number of nitrogen functional groups attached to an aromatic ring is 1. The summed E-state index contributed by atoms with van der Waals surface area (Å²) in [5.41, 5.74) is 8.23. The number of hydrogen-bond donors (Lipinski definition) is 1. The molecule has 2 N–H and O–H groups in total. The average molecular weight is 256 g/mol. The smallest absolute Gasteiger partial charge is 0.166 e. The van der Waals surface area contributed by atoms with Crippen molar-refractivity contribution in [3.8, 4) is 11.5 Å². The van der Waals surface area contributed by atoms with Gasteiger partial charge in [-0.3, -0.25) is 0 Å². The Kier molecular flexibility index (Phi) is 2.99. The van der Waals surface area contributed by atoms with Crippen molar-refractivity contribution in [1.82, 2.24) is 4.98 Å². The second-order valence-electron chi connectivity index (χ2n) is 4.75. The lowest BCUT2D eigenvalue weighted by atomic mass is 10.1. The predicted molar refractivity (Wildman–Crippen MR) is 73.4 cm³/mol. The lowest BCUT2D eigenvalue weighted by Gasteiger charge is -2.13. The molecule has 0 saturated carbocycles. The molecule has 2 heterocycles. The van der Waals surface area contributed by atoms with E-state index in [1.54, 1.807) is 12.3 Å². The standard InChI is InChI=1S/C15H16N2O2/c1-10-4-5-13-11(7-10)8-12(19-13)9-18-14-3-2-6-17-15(14)16/h2-7,12H,8-9H2,1H3,(H2,16,17). The maximum absolute atomic E-state index is 5.84. The molecule has 98 valence electrons. The third kappa shape index (κ3) is 2.47. The molecule has 1 unspecified atom stereocenters. The summed E-state index contributed by atoms with van der Waals surface area (Å²) in [6.45, 7) is 2.56. The van der Waals surface area contributed by atoms with Crippen molar-refractivity contribution in [1.29, 1.82) is 0 Å². The molecule has 0 amide bonds. The van der Waals surface area contributed by atoms with E-state index in [1.807, 2.05) is 12.1 Å². The average Bonchev–Trinajstić information content (AvgIpc) is 2.79. The molecule has 1 aromatic carbocycles. The van der Waals surface area contributed by atoms with Gasteiger partial charge in [0.1, 0.15) is 18.5 Å². The molecule has 0 saturated heterocycles. The van der Waals surface area contributed by atoms with Crippen molar-refractivity contribution < 1.29 is 9.47 Å². The van der Waals surface area contributed by atoms with E-state index in [2.05, 4.69) is 24.0 Å². The van der Waals surface area contributed by atoms with Gasteiger partial charge >= 0.3 is 0 Å². The first-order chi connectivity index (χ1) is 9.22. The highest BCUT2D eigenvalue weighted by molar-refractivity contribution is 5.45. The summed E-state index contributed by atoms with van der Waals surface area (Å²) in [5, 5.41) is 0. The molecule has 3 rings (SSSR count). The summed E-state index contributed by atoms with van der Waals surface area (Å²) >= 11 is 0. The van der Waals surface area contributed by atoms with Crippen LogP contribution >= 0.6 is 0 Å². The number of fused-ring (bicyclic) bond motifs is 1. The summed E-state index contributed by atoms with van der Waals surface area (Å²) in [6, 6.07) is 9.85. The number of aryl methyl sites for hydroxylation is 1.